The van der Waals surface area contributed by atoms with Crippen LogP contribution in [0.25, 0.3) is 0 Å². The summed E-state index contributed by atoms with van der Waals surface area (Å²) in [5.41, 5.74) is 0. The van der Waals surface area contributed by atoms with Crippen LogP contribution in [0.4, 0.5) is 0 Å². The molecule has 0 aromatic rings. The lowest BCUT2D eigenvalue weighted by atomic mass is 10.3. The number of hydrogen-bond acceptors (Lipinski definition) is 9. The van der Waals surface area contributed by atoms with Crippen molar-refractivity contribution in [2.75, 3.05) is 0 Å². The smallest absolute Gasteiger partial charge is 0.247 e. The zero-order valence-corrected chi connectivity index (χ0v) is 5.64. The van der Waals surface area contributed by atoms with Crippen molar-refractivity contribution in [1.82, 2.24) is 0 Å². The van der Waals surface area contributed by atoms with Crippen LogP contribution >= 0.6 is 0 Å². The average Bonchev–Trinajstić information content (AvgIpc) is 2.77. The molecule has 0 amide bonds. The van der Waals surface area contributed by atoms with Gasteiger partial charge in [0.25, 0.3) is 0 Å². The molecule has 0 aliphatic carbocycles. The molecule has 0 spiro atoms. The summed E-state index contributed by atoms with van der Waals surface area (Å²) in [5, 5.41) is 26.4. The maximum atomic E-state index is 11.2. The van der Waals surface area contributed by atoms with Crippen LogP contribution in [-0.4, -0.2) is 18.1 Å². The first kappa shape index (κ1) is 6.76. The summed E-state index contributed by atoms with van der Waals surface area (Å²) in [4.78, 5) is 11.2. The lowest BCUT2D eigenvalue weighted by molar-refractivity contribution is -0.121. The third-order valence-electron chi connectivity index (χ3n) is 1.23. The van der Waals surface area contributed by atoms with E-state index in [-0.39, 0.29) is 0 Å². The van der Waals surface area contributed by atoms with Gasteiger partial charge in [0.1, 0.15) is 0 Å². The lowest BCUT2D eigenvalue weighted by Gasteiger charge is -1.98. The van der Waals surface area contributed by atoms with Crippen molar-refractivity contribution in [2.45, 2.75) is 12.3 Å². The molecule has 0 bridgehead atoms. The molecule has 2 rings (SSSR count). The molecule has 2 heterocycles. The average molecular weight is 166 g/mol. The summed E-state index contributed by atoms with van der Waals surface area (Å²) in [7, 11) is 0. The van der Waals surface area contributed by atoms with Gasteiger partial charge in [-0.2, -0.15) is 0 Å². The second kappa shape index (κ2) is 2.60. The number of rotatable bonds is 2. The summed E-state index contributed by atoms with van der Waals surface area (Å²) >= 11 is 0. The number of hydrogen-bond donors (Lipinski definition) is 0. The minimum atomic E-state index is -0.925. The summed E-state index contributed by atoms with van der Waals surface area (Å²) in [6, 6.07) is 0. The molecular weight excluding hydrogens is 164 g/mol. The molecule has 2 aliphatic heterocycles. The molecule has 9 heteroatoms. The Morgan fingerprint density at radius 2 is 1.08 bits per heavy atom. The Labute approximate surface area is 65.3 Å². The van der Waals surface area contributed by atoms with Crippen LogP contribution in [-0.2, 0) is 4.79 Å². The molecule has 0 unspecified atom stereocenters. The monoisotopic (exact) mass is 166 g/mol. The topological polar surface area (TPSA) is 116 Å². The Kier molecular flexibility index (Phi) is 1.47. The highest BCUT2D eigenvalue weighted by Crippen LogP contribution is 2.13. The highest BCUT2D eigenvalue weighted by molar-refractivity contribution is 5.88. The van der Waals surface area contributed by atoms with Gasteiger partial charge >= 0.3 is 0 Å². The minimum absolute atomic E-state index is 0.426. The molecule has 0 fully saturated rings. The van der Waals surface area contributed by atoms with Gasteiger partial charge in [-0.3, -0.25) is 4.79 Å². The van der Waals surface area contributed by atoms with Gasteiger partial charge in [-0.1, -0.05) is 0 Å². The fourth-order valence-corrected chi connectivity index (χ4v) is 0.695. The Bertz CT molecular complexity index is 260. The molecule has 2 aliphatic rings. The molecule has 0 saturated heterocycles. The first-order valence-electron chi connectivity index (χ1n) is 3.01. The number of carbonyl (C=O) groups excluding carboxylic acids is 1. The second-order valence-electron chi connectivity index (χ2n) is 1.97. The van der Waals surface area contributed by atoms with Crippen molar-refractivity contribution >= 4 is 5.78 Å². The van der Waals surface area contributed by atoms with Crippen LogP contribution < -0.4 is 0 Å². The molecule has 12 heavy (non-hydrogen) atoms. The van der Waals surface area contributed by atoms with Crippen LogP contribution in [0.5, 0.6) is 0 Å². The molecule has 0 atom stereocenters. The maximum absolute atomic E-state index is 11.2. The van der Waals surface area contributed by atoms with Crippen LogP contribution in [0.3, 0.4) is 0 Å². The molecule has 0 saturated carbocycles. The molecule has 0 aromatic heterocycles. The van der Waals surface area contributed by atoms with Crippen molar-refractivity contribution in [3.63, 3.8) is 0 Å². The van der Waals surface area contributed by atoms with E-state index in [2.05, 4.69) is 41.4 Å². The van der Waals surface area contributed by atoms with E-state index in [0.29, 0.717) is 0 Å². The van der Waals surface area contributed by atoms with Gasteiger partial charge in [-0.05, 0) is 20.9 Å². The maximum Gasteiger partial charge on any atom is 0.247 e. The van der Waals surface area contributed by atoms with Crippen molar-refractivity contribution in [1.29, 1.82) is 0 Å². The molecule has 9 nitrogen and oxygen atoms in total. The SMILES string of the molecule is O=C(C1N=NN=N1)C1N=NN=N1. The molecule has 0 radical (unpaired) electrons. The van der Waals surface area contributed by atoms with Crippen LogP contribution in [0.2, 0.25) is 0 Å². The van der Waals surface area contributed by atoms with Gasteiger partial charge in [-0.25, -0.2) is 0 Å². The second-order valence-corrected chi connectivity index (χ2v) is 1.97. The van der Waals surface area contributed by atoms with Crippen molar-refractivity contribution < 1.29 is 4.79 Å². The largest absolute Gasteiger partial charge is 0.290 e. The Hall–Kier alpha value is -1.93. The number of carbonyl (C=O) groups is 1. The highest BCUT2D eigenvalue weighted by atomic mass is 16.1. The minimum Gasteiger partial charge on any atom is -0.290 e. The van der Waals surface area contributed by atoms with Crippen LogP contribution in [0, 0.1) is 0 Å². The third kappa shape index (κ3) is 1.00. The van der Waals surface area contributed by atoms with E-state index in [9.17, 15) is 4.79 Å². The molecule has 0 aromatic carbocycles. The van der Waals surface area contributed by atoms with Gasteiger partial charge in [0.05, 0.1) is 0 Å². The molecule has 60 valence electrons. The normalized spacial score (nSPS) is 21.3. The standard InChI is InChI=1S/C3H2N8O/c12-1(2-4-8-9-5-2)3-6-10-11-7-3/h2-3H. The highest BCUT2D eigenvalue weighted by Gasteiger charge is 2.30. The van der Waals surface area contributed by atoms with E-state index in [1.807, 2.05) is 0 Å². The summed E-state index contributed by atoms with van der Waals surface area (Å²) in [6.45, 7) is 0. The zero-order chi connectivity index (χ0) is 8.39. The van der Waals surface area contributed by atoms with Gasteiger partial charge < -0.3 is 0 Å². The third-order valence-corrected chi connectivity index (χ3v) is 1.23. The summed E-state index contributed by atoms with van der Waals surface area (Å²) in [5.74, 6) is -0.426. The van der Waals surface area contributed by atoms with Crippen LogP contribution in [0.1, 0.15) is 0 Å². The number of Topliss-reactive ketones (excluding diaryl/α,β-unsaturated/α-hetero) is 1. The van der Waals surface area contributed by atoms with E-state index in [4.69, 9.17) is 0 Å². The van der Waals surface area contributed by atoms with Gasteiger partial charge in [-0.15, -0.1) is 20.5 Å². The van der Waals surface area contributed by atoms with E-state index < -0.39 is 18.1 Å². The first-order chi connectivity index (χ1) is 5.88. The van der Waals surface area contributed by atoms with Crippen molar-refractivity contribution in [3.8, 4) is 0 Å². The van der Waals surface area contributed by atoms with E-state index in [1.54, 1.807) is 0 Å². The Morgan fingerprint density at radius 1 is 0.750 bits per heavy atom. The van der Waals surface area contributed by atoms with E-state index in [0.717, 1.165) is 0 Å². The quantitative estimate of drug-likeness (QED) is 0.594. The zero-order valence-electron chi connectivity index (χ0n) is 5.64. The van der Waals surface area contributed by atoms with Crippen LogP contribution in [0.15, 0.2) is 41.4 Å². The van der Waals surface area contributed by atoms with Gasteiger partial charge in [0.2, 0.25) is 18.1 Å². The summed E-state index contributed by atoms with van der Waals surface area (Å²) < 4.78 is 0. The van der Waals surface area contributed by atoms with Gasteiger partial charge in [0, 0.05) is 0 Å². The number of ketones is 1. The Balaban J connectivity index is 2.09. The predicted octanol–water partition coefficient (Wildman–Crippen LogP) is 0.874. The van der Waals surface area contributed by atoms with Crippen molar-refractivity contribution in [3.05, 3.63) is 0 Å². The predicted molar refractivity (Wildman–Crippen MR) is 32.0 cm³/mol. The number of nitrogens with zero attached hydrogens (tertiary/aromatic N) is 8. The lowest BCUT2D eigenvalue weighted by Crippen LogP contribution is -2.24. The molecular formula is C3H2N8O. The summed E-state index contributed by atoms with van der Waals surface area (Å²) in [6.07, 6.45) is -1.85. The Morgan fingerprint density at radius 3 is 1.42 bits per heavy atom. The molecule has 0 N–H and O–H groups in total. The van der Waals surface area contributed by atoms with E-state index >= 15 is 0 Å². The van der Waals surface area contributed by atoms with Gasteiger partial charge in [0.15, 0.2) is 0 Å². The first-order valence-corrected chi connectivity index (χ1v) is 3.01. The van der Waals surface area contributed by atoms with E-state index in [1.165, 1.54) is 0 Å². The fraction of sp³-hybridized carbons (Fsp3) is 0.667. The van der Waals surface area contributed by atoms with Crippen molar-refractivity contribution in [2.24, 2.45) is 41.4 Å². The fourth-order valence-electron chi connectivity index (χ4n) is 0.695.